The summed E-state index contributed by atoms with van der Waals surface area (Å²) in [5.41, 5.74) is 0.765. The maximum atomic E-state index is 13.5. The predicted molar refractivity (Wildman–Crippen MR) is 79.8 cm³/mol. The standard InChI is InChI=1S/C17H15F2NO3/c18-13-7-6-12(14(19)10-13)9-16(21)20-15(17(22)23)8-11-4-2-1-3-5-11/h1-7,10,15H,8-9H2,(H,20,21)(H,22,23)/t15-/m0/s1. The predicted octanol–water partition coefficient (Wildman–Crippen LogP) is 2.32. The zero-order valence-electron chi connectivity index (χ0n) is 12.1. The highest BCUT2D eigenvalue weighted by Gasteiger charge is 2.21. The minimum atomic E-state index is -1.18. The lowest BCUT2D eigenvalue weighted by atomic mass is 10.1. The summed E-state index contributed by atoms with van der Waals surface area (Å²) in [5.74, 6) is -3.39. The second kappa shape index (κ2) is 7.49. The van der Waals surface area contributed by atoms with Crippen LogP contribution in [0.15, 0.2) is 48.5 Å². The number of rotatable bonds is 6. The van der Waals surface area contributed by atoms with Crippen molar-refractivity contribution in [2.45, 2.75) is 18.9 Å². The van der Waals surface area contributed by atoms with E-state index in [1.54, 1.807) is 30.3 Å². The minimum absolute atomic E-state index is 0.00718. The molecule has 120 valence electrons. The maximum absolute atomic E-state index is 13.5. The van der Waals surface area contributed by atoms with Gasteiger partial charge < -0.3 is 10.4 Å². The molecular formula is C17H15F2NO3. The van der Waals surface area contributed by atoms with Crippen LogP contribution in [-0.4, -0.2) is 23.0 Å². The average molecular weight is 319 g/mol. The smallest absolute Gasteiger partial charge is 0.326 e. The Morgan fingerprint density at radius 1 is 1.09 bits per heavy atom. The summed E-state index contributed by atoms with van der Waals surface area (Å²) in [6.45, 7) is 0. The molecule has 0 aliphatic rings. The van der Waals surface area contributed by atoms with Gasteiger partial charge in [-0.05, 0) is 17.2 Å². The van der Waals surface area contributed by atoms with E-state index < -0.39 is 29.6 Å². The second-order valence-corrected chi connectivity index (χ2v) is 5.06. The molecule has 0 heterocycles. The number of nitrogens with one attached hydrogen (secondary N) is 1. The number of amides is 1. The van der Waals surface area contributed by atoms with Gasteiger partial charge in [-0.2, -0.15) is 0 Å². The molecule has 23 heavy (non-hydrogen) atoms. The third-order valence-electron chi connectivity index (χ3n) is 3.28. The van der Waals surface area contributed by atoms with Crippen molar-refractivity contribution in [1.29, 1.82) is 0 Å². The zero-order valence-corrected chi connectivity index (χ0v) is 12.1. The van der Waals surface area contributed by atoms with Crippen LogP contribution in [0.2, 0.25) is 0 Å². The summed E-state index contributed by atoms with van der Waals surface area (Å²) in [5, 5.41) is 11.6. The van der Waals surface area contributed by atoms with Crippen LogP contribution in [-0.2, 0) is 22.4 Å². The topological polar surface area (TPSA) is 66.4 Å². The van der Waals surface area contributed by atoms with Crippen molar-refractivity contribution >= 4 is 11.9 Å². The molecule has 0 spiro atoms. The first-order chi connectivity index (χ1) is 11.0. The summed E-state index contributed by atoms with van der Waals surface area (Å²) in [6.07, 6.45) is -0.238. The fourth-order valence-corrected chi connectivity index (χ4v) is 2.13. The lowest BCUT2D eigenvalue weighted by Gasteiger charge is -2.15. The highest BCUT2D eigenvalue weighted by molar-refractivity contribution is 5.85. The van der Waals surface area contributed by atoms with E-state index in [-0.39, 0.29) is 18.4 Å². The number of carboxylic acids is 1. The maximum Gasteiger partial charge on any atom is 0.326 e. The van der Waals surface area contributed by atoms with Crippen molar-refractivity contribution < 1.29 is 23.5 Å². The Balaban J connectivity index is 2.02. The van der Waals surface area contributed by atoms with E-state index >= 15 is 0 Å². The van der Waals surface area contributed by atoms with Crippen LogP contribution < -0.4 is 5.32 Å². The van der Waals surface area contributed by atoms with Crippen molar-refractivity contribution in [3.63, 3.8) is 0 Å². The normalized spacial score (nSPS) is 11.7. The first kappa shape index (κ1) is 16.6. The summed E-state index contributed by atoms with van der Waals surface area (Å²) in [4.78, 5) is 23.2. The molecule has 2 aromatic carbocycles. The molecule has 0 fully saturated rings. The van der Waals surface area contributed by atoms with E-state index in [9.17, 15) is 23.5 Å². The van der Waals surface area contributed by atoms with Crippen LogP contribution >= 0.6 is 0 Å². The van der Waals surface area contributed by atoms with Gasteiger partial charge in [0.15, 0.2) is 0 Å². The van der Waals surface area contributed by atoms with Crippen LogP contribution in [0.1, 0.15) is 11.1 Å². The number of halogens is 2. The number of aliphatic carboxylic acids is 1. The first-order valence-corrected chi connectivity index (χ1v) is 6.95. The number of hydrogen-bond donors (Lipinski definition) is 2. The fourth-order valence-electron chi connectivity index (χ4n) is 2.13. The van der Waals surface area contributed by atoms with Crippen molar-refractivity contribution in [3.05, 3.63) is 71.3 Å². The third kappa shape index (κ3) is 4.88. The molecule has 4 nitrogen and oxygen atoms in total. The molecule has 2 rings (SSSR count). The summed E-state index contributed by atoms with van der Waals surface area (Å²) >= 11 is 0. The molecule has 0 radical (unpaired) electrons. The monoisotopic (exact) mass is 319 g/mol. The van der Waals surface area contributed by atoms with E-state index in [1.807, 2.05) is 0 Å². The number of hydrogen-bond acceptors (Lipinski definition) is 2. The Morgan fingerprint density at radius 3 is 2.39 bits per heavy atom. The number of carbonyl (C=O) groups is 2. The van der Waals surface area contributed by atoms with E-state index in [0.717, 1.165) is 17.7 Å². The quantitative estimate of drug-likeness (QED) is 0.859. The van der Waals surface area contributed by atoms with E-state index in [0.29, 0.717) is 6.07 Å². The molecule has 2 N–H and O–H groups in total. The van der Waals surface area contributed by atoms with Crippen LogP contribution in [0.25, 0.3) is 0 Å². The largest absolute Gasteiger partial charge is 0.480 e. The first-order valence-electron chi connectivity index (χ1n) is 6.95. The summed E-state index contributed by atoms with van der Waals surface area (Å²) in [6, 6.07) is 10.6. The Kier molecular flexibility index (Phi) is 5.41. The average Bonchev–Trinajstić information content (AvgIpc) is 2.50. The summed E-state index contributed by atoms with van der Waals surface area (Å²) in [7, 11) is 0. The summed E-state index contributed by atoms with van der Waals surface area (Å²) < 4.78 is 26.3. The number of benzene rings is 2. The van der Waals surface area contributed by atoms with Crippen molar-refractivity contribution in [2.24, 2.45) is 0 Å². The molecule has 0 saturated carbocycles. The highest BCUT2D eigenvalue weighted by Crippen LogP contribution is 2.10. The van der Waals surface area contributed by atoms with Crippen molar-refractivity contribution in [1.82, 2.24) is 5.32 Å². The molecule has 0 aliphatic carbocycles. The molecule has 1 amide bonds. The second-order valence-electron chi connectivity index (χ2n) is 5.06. The van der Waals surface area contributed by atoms with Crippen LogP contribution in [0.4, 0.5) is 8.78 Å². The van der Waals surface area contributed by atoms with Gasteiger partial charge in [-0.3, -0.25) is 4.79 Å². The number of carboxylic acid groups (broad SMARTS) is 1. The zero-order chi connectivity index (χ0) is 16.8. The minimum Gasteiger partial charge on any atom is -0.480 e. The lowest BCUT2D eigenvalue weighted by Crippen LogP contribution is -2.43. The molecule has 0 saturated heterocycles. The van der Waals surface area contributed by atoms with E-state index in [1.165, 1.54) is 0 Å². The Labute approximate surface area is 131 Å². The Morgan fingerprint density at radius 2 is 1.78 bits per heavy atom. The third-order valence-corrected chi connectivity index (χ3v) is 3.28. The van der Waals surface area contributed by atoms with Gasteiger partial charge in [0.1, 0.15) is 17.7 Å². The van der Waals surface area contributed by atoms with Gasteiger partial charge in [-0.1, -0.05) is 36.4 Å². The van der Waals surface area contributed by atoms with Crippen LogP contribution in [0.3, 0.4) is 0 Å². The van der Waals surface area contributed by atoms with Crippen molar-refractivity contribution in [3.8, 4) is 0 Å². The van der Waals surface area contributed by atoms with Gasteiger partial charge in [0.05, 0.1) is 6.42 Å². The molecule has 1 atom stereocenters. The molecular weight excluding hydrogens is 304 g/mol. The van der Waals surface area contributed by atoms with Crippen LogP contribution in [0, 0.1) is 11.6 Å². The molecule has 0 unspecified atom stereocenters. The molecule has 0 aromatic heterocycles. The molecule has 6 heteroatoms. The lowest BCUT2D eigenvalue weighted by molar-refractivity contribution is -0.141. The molecule has 0 aliphatic heterocycles. The molecule has 0 bridgehead atoms. The fraction of sp³-hybridized carbons (Fsp3) is 0.176. The van der Waals surface area contributed by atoms with Gasteiger partial charge in [-0.15, -0.1) is 0 Å². The molecule has 2 aromatic rings. The van der Waals surface area contributed by atoms with Gasteiger partial charge in [0.25, 0.3) is 0 Å². The van der Waals surface area contributed by atoms with Gasteiger partial charge in [-0.25, -0.2) is 13.6 Å². The van der Waals surface area contributed by atoms with Crippen molar-refractivity contribution in [2.75, 3.05) is 0 Å². The number of carbonyl (C=O) groups excluding carboxylic acids is 1. The van der Waals surface area contributed by atoms with Gasteiger partial charge in [0, 0.05) is 12.5 Å². The van der Waals surface area contributed by atoms with E-state index in [2.05, 4.69) is 5.32 Å². The van der Waals surface area contributed by atoms with Crippen LogP contribution in [0.5, 0.6) is 0 Å². The Hall–Kier alpha value is -2.76. The highest BCUT2D eigenvalue weighted by atomic mass is 19.1. The Bertz CT molecular complexity index is 704. The van der Waals surface area contributed by atoms with E-state index in [4.69, 9.17) is 0 Å². The SMILES string of the molecule is O=C(Cc1ccc(F)cc1F)N[C@@H](Cc1ccccc1)C(=O)O. The van der Waals surface area contributed by atoms with Gasteiger partial charge >= 0.3 is 5.97 Å². The van der Waals surface area contributed by atoms with Gasteiger partial charge in [0.2, 0.25) is 5.91 Å².